The van der Waals surface area contributed by atoms with Gasteiger partial charge in [0.1, 0.15) is 19.3 Å². The maximum Gasteiger partial charge on any atom is 0.472 e. The average molecular weight is 1470 g/mol. The summed E-state index contributed by atoms with van der Waals surface area (Å²) in [6.45, 7) is 14.3. The van der Waals surface area contributed by atoms with Crippen molar-refractivity contribution in [3.63, 3.8) is 0 Å². The number of hydrogen-bond donors (Lipinski definition) is 3. The predicted molar refractivity (Wildman–Crippen MR) is 409 cm³/mol. The SMILES string of the molecule is CCC(C)CCCCCCCCCCCCCCCCC(=O)OC[C@H](COP(=O)(O)OC[C@@H](O)COP(=O)(O)OC[C@@H](COC(=O)CCCCCCCCC(C)CC)OC(=O)CCCCCCCCCCCCC(C)CC)OC(=O)CCCCCCCCCCCCCCCCC(C)CC. The lowest BCUT2D eigenvalue weighted by Crippen LogP contribution is -2.30. The quantitative estimate of drug-likeness (QED) is 0.0222. The highest BCUT2D eigenvalue weighted by Crippen LogP contribution is 2.45. The monoisotopic (exact) mass is 1470 g/mol. The van der Waals surface area contributed by atoms with E-state index in [2.05, 4.69) is 55.4 Å². The van der Waals surface area contributed by atoms with Crippen molar-refractivity contribution in [1.82, 2.24) is 0 Å². The molecule has 17 nitrogen and oxygen atoms in total. The van der Waals surface area contributed by atoms with Crippen LogP contribution in [-0.2, 0) is 65.4 Å². The molecule has 0 saturated heterocycles. The number of ether oxygens (including phenoxy) is 4. The van der Waals surface area contributed by atoms with Gasteiger partial charge in [-0.05, 0) is 49.4 Å². The van der Waals surface area contributed by atoms with Gasteiger partial charge in [0.05, 0.1) is 26.4 Å². The van der Waals surface area contributed by atoms with Crippen LogP contribution in [0.4, 0.5) is 0 Å². The Labute approximate surface area is 613 Å². The molecule has 0 heterocycles. The molecule has 0 aromatic rings. The highest BCUT2D eigenvalue weighted by Gasteiger charge is 2.30. The lowest BCUT2D eigenvalue weighted by Gasteiger charge is -2.21. The third-order valence-corrected chi connectivity index (χ3v) is 22.2. The third kappa shape index (κ3) is 69.1. The van der Waals surface area contributed by atoms with Gasteiger partial charge in [0.2, 0.25) is 0 Å². The van der Waals surface area contributed by atoms with Crippen molar-refractivity contribution in [3.05, 3.63) is 0 Å². The molecule has 0 spiro atoms. The minimum Gasteiger partial charge on any atom is -0.462 e. The highest BCUT2D eigenvalue weighted by atomic mass is 31.2. The number of carbonyl (C=O) groups is 4. The summed E-state index contributed by atoms with van der Waals surface area (Å²) in [4.78, 5) is 73.0. The number of rotatable bonds is 78. The Hall–Kier alpha value is -1.94. The summed E-state index contributed by atoms with van der Waals surface area (Å²) >= 11 is 0. The minimum absolute atomic E-state index is 0.105. The zero-order valence-electron chi connectivity index (χ0n) is 65.8. The largest absolute Gasteiger partial charge is 0.472 e. The van der Waals surface area contributed by atoms with Crippen LogP contribution >= 0.6 is 15.6 Å². The summed E-state index contributed by atoms with van der Waals surface area (Å²) < 4.78 is 68.7. The summed E-state index contributed by atoms with van der Waals surface area (Å²) in [5, 5.41) is 10.6. The van der Waals surface area contributed by atoms with Crippen LogP contribution in [0.25, 0.3) is 0 Å². The summed E-state index contributed by atoms with van der Waals surface area (Å²) in [5.74, 6) is 1.11. The fraction of sp³-hybridized carbons (Fsp3) is 0.951. The van der Waals surface area contributed by atoms with Gasteiger partial charge in [0.25, 0.3) is 0 Å². The second kappa shape index (κ2) is 70.1. The van der Waals surface area contributed by atoms with E-state index in [1.807, 2.05) is 0 Å². The van der Waals surface area contributed by atoms with Gasteiger partial charge >= 0.3 is 39.5 Å². The average Bonchev–Trinajstić information content (AvgIpc) is 0.961. The highest BCUT2D eigenvalue weighted by molar-refractivity contribution is 7.47. The lowest BCUT2D eigenvalue weighted by molar-refractivity contribution is -0.161. The predicted octanol–water partition coefficient (Wildman–Crippen LogP) is 24.0. The van der Waals surface area contributed by atoms with E-state index in [1.54, 1.807) is 0 Å². The normalized spacial score (nSPS) is 15.1. The van der Waals surface area contributed by atoms with Crippen molar-refractivity contribution in [2.24, 2.45) is 23.7 Å². The Bertz CT molecular complexity index is 1960. The molecule has 0 aromatic carbocycles. The molecule has 0 radical (unpaired) electrons. The molecule has 594 valence electrons. The molecular weight excluding hydrogens is 1310 g/mol. The summed E-state index contributed by atoms with van der Waals surface area (Å²) in [6.07, 6.45) is 56.7. The number of aliphatic hydroxyl groups excluding tert-OH is 1. The van der Waals surface area contributed by atoms with Crippen LogP contribution in [0.3, 0.4) is 0 Å². The minimum atomic E-state index is -4.96. The first-order valence-electron chi connectivity index (χ1n) is 41.9. The smallest absolute Gasteiger partial charge is 0.462 e. The number of phosphoric acid groups is 2. The molecule has 0 fully saturated rings. The second-order valence-corrected chi connectivity index (χ2v) is 33.0. The molecule has 0 amide bonds. The Morgan fingerprint density at radius 1 is 0.270 bits per heavy atom. The van der Waals surface area contributed by atoms with Crippen LogP contribution in [0.2, 0.25) is 0 Å². The Morgan fingerprint density at radius 3 is 0.660 bits per heavy atom. The lowest BCUT2D eigenvalue weighted by atomic mass is 9.99. The second-order valence-electron chi connectivity index (χ2n) is 30.1. The van der Waals surface area contributed by atoms with E-state index < -0.39 is 97.5 Å². The van der Waals surface area contributed by atoms with Crippen LogP contribution in [-0.4, -0.2) is 96.7 Å². The number of carbonyl (C=O) groups excluding carboxylic acids is 4. The van der Waals surface area contributed by atoms with E-state index >= 15 is 0 Å². The van der Waals surface area contributed by atoms with E-state index in [0.29, 0.717) is 25.7 Å². The van der Waals surface area contributed by atoms with Crippen LogP contribution in [0.5, 0.6) is 0 Å². The van der Waals surface area contributed by atoms with E-state index in [1.165, 1.54) is 212 Å². The zero-order valence-corrected chi connectivity index (χ0v) is 67.6. The summed E-state index contributed by atoms with van der Waals surface area (Å²) in [7, 11) is -9.92. The van der Waals surface area contributed by atoms with E-state index in [-0.39, 0.29) is 25.7 Å². The van der Waals surface area contributed by atoms with Gasteiger partial charge < -0.3 is 33.8 Å². The van der Waals surface area contributed by atoms with Gasteiger partial charge in [-0.25, -0.2) is 9.13 Å². The van der Waals surface area contributed by atoms with Gasteiger partial charge in [-0.3, -0.25) is 37.3 Å². The molecule has 0 rings (SSSR count). The zero-order chi connectivity index (χ0) is 73.8. The fourth-order valence-electron chi connectivity index (χ4n) is 12.3. The van der Waals surface area contributed by atoms with Crippen molar-refractivity contribution >= 4 is 39.5 Å². The maximum absolute atomic E-state index is 13.1. The first-order valence-corrected chi connectivity index (χ1v) is 44.8. The molecule has 0 saturated carbocycles. The number of phosphoric ester groups is 2. The third-order valence-electron chi connectivity index (χ3n) is 20.3. The first-order chi connectivity index (χ1) is 48.2. The maximum atomic E-state index is 13.1. The number of aliphatic hydroxyl groups is 1. The van der Waals surface area contributed by atoms with Crippen molar-refractivity contribution < 1.29 is 80.2 Å². The van der Waals surface area contributed by atoms with Gasteiger partial charge in [-0.2, -0.15) is 0 Å². The topological polar surface area (TPSA) is 237 Å². The molecule has 100 heavy (non-hydrogen) atoms. The van der Waals surface area contributed by atoms with Gasteiger partial charge in [-0.1, -0.05) is 364 Å². The molecular formula is C81H158O17P2. The molecule has 0 aliphatic rings. The van der Waals surface area contributed by atoms with Gasteiger partial charge in [0.15, 0.2) is 12.2 Å². The molecule has 6 unspecified atom stereocenters. The van der Waals surface area contributed by atoms with Crippen molar-refractivity contribution in [2.45, 2.75) is 433 Å². The van der Waals surface area contributed by atoms with Crippen LogP contribution in [0.1, 0.15) is 415 Å². The first kappa shape index (κ1) is 98.1. The number of hydrogen-bond acceptors (Lipinski definition) is 15. The van der Waals surface area contributed by atoms with E-state index in [0.717, 1.165) is 120 Å². The molecule has 0 aliphatic carbocycles. The fourth-order valence-corrected chi connectivity index (χ4v) is 13.9. The van der Waals surface area contributed by atoms with Crippen molar-refractivity contribution in [1.29, 1.82) is 0 Å². The molecule has 19 heteroatoms. The summed E-state index contributed by atoms with van der Waals surface area (Å²) in [6, 6.07) is 0. The Kier molecular flexibility index (Phi) is 68.7. The molecule has 0 bridgehead atoms. The standard InChI is InChI=1S/C81H158O17P2/c1-9-71(5)57-49-41-33-27-21-17-13-15-19-23-30-36-45-53-61-78(83)91-67-76(97-80(85)63-55-47-37-31-24-20-16-14-18-22-28-34-42-50-58-72(6)10-2)69-95-99(87,88)93-65-75(82)66-94-100(89,90)96-70-77(68-92-79(84)62-54-46-40-39-44-52-60-74(8)12-4)98-81(86)64-56-48-38-32-26-25-29-35-43-51-59-73(7)11-3/h71-77,82H,9-70H2,1-8H3,(H,87,88)(H,89,90)/t71?,72?,73?,74?,75-,76-,77-/m1/s1. The van der Waals surface area contributed by atoms with Gasteiger partial charge in [0, 0.05) is 25.7 Å². The summed E-state index contributed by atoms with van der Waals surface area (Å²) in [5.41, 5.74) is 0. The molecule has 0 aromatic heterocycles. The Morgan fingerprint density at radius 2 is 0.450 bits per heavy atom. The molecule has 9 atom stereocenters. The number of esters is 4. The van der Waals surface area contributed by atoms with E-state index in [4.69, 9.17) is 37.0 Å². The van der Waals surface area contributed by atoms with Crippen molar-refractivity contribution in [2.75, 3.05) is 39.6 Å². The van der Waals surface area contributed by atoms with E-state index in [9.17, 15) is 43.2 Å². The van der Waals surface area contributed by atoms with Crippen LogP contribution in [0.15, 0.2) is 0 Å². The van der Waals surface area contributed by atoms with Crippen molar-refractivity contribution in [3.8, 4) is 0 Å². The van der Waals surface area contributed by atoms with Gasteiger partial charge in [-0.15, -0.1) is 0 Å². The van der Waals surface area contributed by atoms with Crippen LogP contribution < -0.4 is 0 Å². The molecule has 3 N–H and O–H groups in total. The van der Waals surface area contributed by atoms with Crippen LogP contribution in [0, 0.1) is 23.7 Å². The molecule has 0 aliphatic heterocycles. The number of unbranched alkanes of at least 4 members (excludes halogenated alkanes) is 40. The Balaban J connectivity index is 5.26.